The number of hydrogen-bond acceptors (Lipinski definition) is 4. The third-order valence-corrected chi connectivity index (χ3v) is 5.01. The molecule has 0 bridgehead atoms. The number of nitrogens with one attached hydrogen (secondary N) is 2. The lowest BCUT2D eigenvalue weighted by Crippen LogP contribution is -2.18. The summed E-state index contributed by atoms with van der Waals surface area (Å²) in [7, 11) is 0. The molecule has 1 aliphatic rings. The van der Waals surface area contributed by atoms with Crippen molar-refractivity contribution in [3.8, 4) is 0 Å². The second-order valence-electron chi connectivity index (χ2n) is 5.96. The topological polar surface area (TPSA) is 61.0 Å². The number of H-pyrrole nitrogens is 1. The van der Waals surface area contributed by atoms with Crippen molar-refractivity contribution < 1.29 is 4.79 Å². The minimum atomic E-state index is -0.00888. The smallest absolute Gasteiger partial charge is 0.230 e. The summed E-state index contributed by atoms with van der Waals surface area (Å²) >= 11 is 1.60. The van der Waals surface area contributed by atoms with Gasteiger partial charge in [-0.15, -0.1) is 11.3 Å². The van der Waals surface area contributed by atoms with Crippen LogP contribution in [-0.4, -0.2) is 21.0 Å². The lowest BCUT2D eigenvalue weighted by molar-refractivity contribution is -0.115. The summed E-state index contributed by atoms with van der Waals surface area (Å²) < 4.78 is 0. The van der Waals surface area contributed by atoms with Crippen LogP contribution in [0.5, 0.6) is 0 Å². The normalized spacial score (nSPS) is 13.8. The number of carbonyl (C=O) groups is 1. The van der Waals surface area contributed by atoms with Gasteiger partial charge in [-0.3, -0.25) is 14.8 Å². The van der Waals surface area contributed by atoms with Gasteiger partial charge in [-0.25, -0.2) is 0 Å². The SMILES string of the molecule is O=C(Cc1cccs1)Nc1[nH]nc2c1CN(Cc1ccccc1)C2. The molecule has 0 spiro atoms. The Morgan fingerprint density at radius 3 is 2.88 bits per heavy atom. The van der Waals surface area contributed by atoms with Gasteiger partial charge in [-0.1, -0.05) is 36.4 Å². The van der Waals surface area contributed by atoms with Crippen LogP contribution < -0.4 is 5.32 Å². The highest BCUT2D eigenvalue weighted by atomic mass is 32.1. The molecular weight excluding hydrogens is 320 g/mol. The van der Waals surface area contributed by atoms with Crippen molar-refractivity contribution in [3.05, 3.63) is 69.5 Å². The molecule has 0 radical (unpaired) electrons. The van der Waals surface area contributed by atoms with Crippen molar-refractivity contribution in [1.29, 1.82) is 0 Å². The quantitative estimate of drug-likeness (QED) is 0.751. The molecule has 0 saturated heterocycles. The van der Waals surface area contributed by atoms with Gasteiger partial charge in [-0.2, -0.15) is 5.10 Å². The number of benzene rings is 1. The Labute approximate surface area is 144 Å². The van der Waals surface area contributed by atoms with Crippen LogP contribution in [0.4, 0.5) is 5.82 Å². The van der Waals surface area contributed by atoms with Gasteiger partial charge in [0.2, 0.25) is 5.91 Å². The molecule has 0 fully saturated rings. The number of aromatic amines is 1. The number of rotatable bonds is 5. The predicted octanol–water partition coefficient (Wildman–Crippen LogP) is 3.17. The maximum absolute atomic E-state index is 12.2. The number of amides is 1. The molecule has 3 aromatic rings. The van der Waals surface area contributed by atoms with E-state index in [9.17, 15) is 4.79 Å². The third kappa shape index (κ3) is 3.25. The van der Waals surface area contributed by atoms with Crippen molar-refractivity contribution in [2.24, 2.45) is 0 Å². The minimum Gasteiger partial charge on any atom is -0.310 e. The van der Waals surface area contributed by atoms with E-state index < -0.39 is 0 Å². The van der Waals surface area contributed by atoms with E-state index in [0.717, 1.165) is 41.6 Å². The van der Waals surface area contributed by atoms with Crippen LogP contribution in [-0.2, 0) is 30.8 Å². The number of nitrogens with zero attached hydrogens (tertiary/aromatic N) is 2. The fourth-order valence-corrected chi connectivity index (χ4v) is 3.71. The highest BCUT2D eigenvalue weighted by Crippen LogP contribution is 2.28. The van der Waals surface area contributed by atoms with Crippen molar-refractivity contribution in [2.75, 3.05) is 5.32 Å². The van der Waals surface area contributed by atoms with Gasteiger partial charge in [0.1, 0.15) is 5.82 Å². The summed E-state index contributed by atoms with van der Waals surface area (Å²) in [4.78, 5) is 15.6. The van der Waals surface area contributed by atoms with Crippen molar-refractivity contribution in [2.45, 2.75) is 26.1 Å². The average molecular weight is 338 g/mol. The molecule has 4 rings (SSSR count). The lowest BCUT2D eigenvalue weighted by atomic mass is 10.2. The van der Waals surface area contributed by atoms with E-state index in [4.69, 9.17) is 0 Å². The molecule has 2 N–H and O–H groups in total. The molecule has 0 atom stereocenters. The van der Waals surface area contributed by atoms with Crippen molar-refractivity contribution >= 4 is 23.1 Å². The largest absolute Gasteiger partial charge is 0.310 e. The van der Waals surface area contributed by atoms with Crippen LogP contribution in [0.15, 0.2) is 47.8 Å². The number of aromatic nitrogens is 2. The van der Waals surface area contributed by atoms with Gasteiger partial charge in [0, 0.05) is 30.1 Å². The van der Waals surface area contributed by atoms with Crippen molar-refractivity contribution in [1.82, 2.24) is 15.1 Å². The molecule has 24 heavy (non-hydrogen) atoms. The molecule has 5 nitrogen and oxygen atoms in total. The molecule has 0 saturated carbocycles. The molecule has 6 heteroatoms. The highest BCUT2D eigenvalue weighted by Gasteiger charge is 2.25. The lowest BCUT2D eigenvalue weighted by Gasteiger charge is -2.15. The van der Waals surface area contributed by atoms with E-state index in [1.54, 1.807) is 11.3 Å². The van der Waals surface area contributed by atoms with Crippen LogP contribution in [0.1, 0.15) is 21.7 Å². The van der Waals surface area contributed by atoms with Gasteiger partial charge >= 0.3 is 0 Å². The first-order chi connectivity index (χ1) is 11.8. The monoisotopic (exact) mass is 338 g/mol. The molecular formula is C18H18N4OS. The van der Waals surface area contributed by atoms with E-state index in [0.29, 0.717) is 6.42 Å². The first-order valence-corrected chi connectivity index (χ1v) is 8.80. The highest BCUT2D eigenvalue weighted by molar-refractivity contribution is 7.10. The number of anilines is 1. The van der Waals surface area contributed by atoms with Crippen LogP contribution in [0.25, 0.3) is 0 Å². The van der Waals surface area contributed by atoms with E-state index >= 15 is 0 Å². The zero-order valence-electron chi connectivity index (χ0n) is 13.2. The number of fused-ring (bicyclic) bond motifs is 1. The number of thiophene rings is 1. The summed E-state index contributed by atoms with van der Waals surface area (Å²) in [6, 6.07) is 14.3. The van der Waals surface area contributed by atoms with Gasteiger partial charge in [-0.05, 0) is 17.0 Å². The molecule has 3 heterocycles. The molecule has 0 aliphatic carbocycles. The fraction of sp³-hybridized carbons (Fsp3) is 0.222. The van der Waals surface area contributed by atoms with Crippen LogP contribution in [0.3, 0.4) is 0 Å². The minimum absolute atomic E-state index is 0.00888. The van der Waals surface area contributed by atoms with E-state index in [2.05, 4.69) is 44.7 Å². The van der Waals surface area contributed by atoms with Gasteiger partial charge in [0.25, 0.3) is 0 Å². The molecule has 1 amide bonds. The second kappa shape index (κ2) is 6.59. The van der Waals surface area contributed by atoms with E-state index in [1.165, 1.54) is 5.56 Å². The Kier molecular flexibility index (Phi) is 4.15. The summed E-state index contributed by atoms with van der Waals surface area (Å²) in [5.41, 5.74) is 3.41. The zero-order valence-corrected chi connectivity index (χ0v) is 14.0. The number of hydrogen-bond donors (Lipinski definition) is 2. The van der Waals surface area contributed by atoms with Crippen LogP contribution in [0, 0.1) is 0 Å². The summed E-state index contributed by atoms with van der Waals surface area (Å²) in [5, 5.41) is 12.3. The Morgan fingerprint density at radius 1 is 1.21 bits per heavy atom. The van der Waals surface area contributed by atoms with Crippen LogP contribution >= 0.6 is 11.3 Å². The molecule has 2 aromatic heterocycles. The maximum Gasteiger partial charge on any atom is 0.230 e. The van der Waals surface area contributed by atoms with E-state index in [-0.39, 0.29) is 5.91 Å². The summed E-state index contributed by atoms with van der Waals surface area (Å²) in [6.07, 6.45) is 0.402. The molecule has 1 aliphatic heterocycles. The van der Waals surface area contributed by atoms with Gasteiger partial charge in [0.05, 0.1) is 12.1 Å². The molecule has 0 unspecified atom stereocenters. The maximum atomic E-state index is 12.2. The fourth-order valence-electron chi connectivity index (χ4n) is 3.01. The first kappa shape index (κ1) is 15.1. The number of carbonyl (C=O) groups excluding carboxylic acids is 1. The second-order valence-corrected chi connectivity index (χ2v) is 6.99. The molecule has 122 valence electrons. The van der Waals surface area contributed by atoms with E-state index in [1.807, 2.05) is 23.6 Å². The Bertz CT molecular complexity index is 826. The van der Waals surface area contributed by atoms with Crippen LogP contribution in [0.2, 0.25) is 0 Å². The molecule has 1 aromatic carbocycles. The predicted molar refractivity (Wildman–Crippen MR) is 94.6 cm³/mol. The summed E-state index contributed by atoms with van der Waals surface area (Å²) in [5.74, 6) is 0.729. The van der Waals surface area contributed by atoms with Gasteiger partial charge < -0.3 is 5.32 Å². The standard InChI is InChI=1S/C18H18N4OS/c23-17(9-14-7-4-8-24-14)19-18-15-11-22(12-16(15)20-21-18)10-13-5-2-1-3-6-13/h1-8H,9-12H2,(H2,19,20,21,23). The Morgan fingerprint density at radius 2 is 2.08 bits per heavy atom. The average Bonchev–Trinajstić information content (AvgIpc) is 3.28. The zero-order chi connectivity index (χ0) is 16.4. The van der Waals surface area contributed by atoms with Gasteiger partial charge in [0.15, 0.2) is 0 Å². The summed E-state index contributed by atoms with van der Waals surface area (Å²) in [6.45, 7) is 2.50. The third-order valence-electron chi connectivity index (χ3n) is 4.14. The first-order valence-electron chi connectivity index (χ1n) is 7.92. The van der Waals surface area contributed by atoms with Crippen molar-refractivity contribution in [3.63, 3.8) is 0 Å². The Hall–Kier alpha value is -2.44. The Balaban J connectivity index is 1.40.